The Labute approximate surface area is 179 Å². The molecule has 4 fully saturated rings. The highest BCUT2D eigenvalue weighted by Gasteiger charge is 2.70. The van der Waals surface area contributed by atoms with Gasteiger partial charge in [-0.15, -0.1) is 0 Å². The maximum atomic E-state index is 11.5. The van der Waals surface area contributed by atoms with Crippen LogP contribution in [0.4, 0.5) is 0 Å². The third kappa shape index (κ3) is 3.04. The first kappa shape index (κ1) is 22.1. The normalized spacial score (nSPS) is 49.7. The number of aliphatic hydroxyl groups is 2. The highest BCUT2D eigenvalue weighted by Crippen LogP contribution is 2.75. The highest BCUT2D eigenvalue weighted by atomic mass is 16.5. The number of esters is 2. The first-order chi connectivity index (χ1) is 14.0. The topological polar surface area (TPSA) is 93.1 Å². The summed E-state index contributed by atoms with van der Waals surface area (Å²) in [5.41, 5.74) is -1.18. The Kier molecular flexibility index (Phi) is 5.29. The summed E-state index contributed by atoms with van der Waals surface area (Å²) in [6.07, 6.45) is 6.87. The minimum atomic E-state index is -0.921. The second-order valence-electron chi connectivity index (χ2n) is 11.3. The predicted molar refractivity (Wildman–Crippen MR) is 110 cm³/mol. The van der Waals surface area contributed by atoms with Crippen LogP contribution in [0.1, 0.15) is 79.1 Å². The Morgan fingerprint density at radius 2 is 1.60 bits per heavy atom. The van der Waals surface area contributed by atoms with Crippen LogP contribution < -0.4 is 0 Å². The van der Waals surface area contributed by atoms with Crippen molar-refractivity contribution < 1.29 is 29.3 Å². The summed E-state index contributed by atoms with van der Waals surface area (Å²) in [6, 6.07) is 0. The van der Waals surface area contributed by atoms with E-state index in [0.717, 1.165) is 44.9 Å². The second-order valence-corrected chi connectivity index (χ2v) is 11.3. The summed E-state index contributed by atoms with van der Waals surface area (Å²) >= 11 is 0. The molecular weight excluding hydrogens is 384 g/mol. The summed E-state index contributed by atoms with van der Waals surface area (Å²) < 4.78 is 10.7. The van der Waals surface area contributed by atoms with Crippen LogP contribution >= 0.6 is 0 Å². The third-order valence-corrected chi connectivity index (χ3v) is 10.0. The molecule has 4 aliphatic carbocycles. The monoisotopic (exact) mass is 422 g/mol. The van der Waals surface area contributed by atoms with E-state index in [4.69, 9.17) is 9.47 Å². The lowest BCUT2D eigenvalue weighted by Crippen LogP contribution is -2.63. The zero-order chi connectivity index (χ0) is 21.9. The number of fused-ring (bicyclic) bond motifs is 2. The van der Waals surface area contributed by atoms with Crippen molar-refractivity contribution in [3.05, 3.63) is 0 Å². The van der Waals surface area contributed by atoms with Crippen molar-refractivity contribution in [1.82, 2.24) is 0 Å². The largest absolute Gasteiger partial charge is 0.465 e. The van der Waals surface area contributed by atoms with Crippen LogP contribution in [0.15, 0.2) is 0 Å². The molecule has 8 unspecified atom stereocenters. The van der Waals surface area contributed by atoms with Crippen molar-refractivity contribution in [1.29, 1.82) is 0 Å². The van der Waals surface area contributed by atoms with Gasteiger partial charge in [0.1, 0.15) is 12.2 Å². The zero-order valence-corrected chi connectivity index (χ0v) is 18.9. The first-order valence-corrected chi connectivity index (χ1v) is 11.6. The van der Waals surface area contributed by atoms with Gasteiger partial charge >= 0.3 is 11.9 Å². The minimum absolute atomic E-state index is 0.0432. The van der Waals surface area contributed by atoms with Gasteiger partial charge in [-0.1, -0.05) is 13.8 Å². The van der Waals surface area contributed by atoms with E-state index in [0.29, 0.717) is 12.3 Å². The molecule has 170 valence electrons. The van der Waals surface area contributed by atoms with Crippen molar-refractivity contribution in [3.8, 4) is 0 Å². The van der Waals surface area contributed by atoms with Crippen molar-refractivity contribution in [2.45, 2.75) is 90.8 Å². The molecule has 0 radical (unpaired) electrons. The quantitative estimate of drug-likeness (QED) is 0.676. The average Bonchev–Trinajstić information content (AvgIpc) is 3.03. The van der Waals surface area contributed by atoms with E-state index in [2.05, 4.69) is 13.8 Å². The molecule has 6 heteroatoms. The summed E-state index contributed by atoms with van der Waals surface area (Å²) in [4.78, 5) is 22.9. The van der Waals surface area contributed by atoms with Gasteiger partial charge in [0.2, 0.25) is 0 Å². The van der Waals surface area contributed by atoms with Crippen molar-refractivity contribution >= 4 is 11.9 Å². The fraction of sp³-hybridized carbons (Fsp3) is 0.917. The highest BCUT2D eigenvalue weighted by molar-refractivity contribution is 5.66. The van der Waals surface area contributed by atoms with Gasteiger partial charge in [-0.25, -0.2) is 0 Å². The second kappa shape index (κ2) is 7.19. The van der Waals surface area contributed by atoms with Crippen molar-refractivity contribution in [3.63, 3.8) is 0 Å². The smallest absolute Gasteiger partial charge is 0.302 e. The van der Waals surface area contributed by atoms with E-state index in [1.165, 1.54) is 13.8 Å². The average molecular weight is 423 g/mol. The third-order valence-electron chi connectivity index (χ3n) is 10.0. The van der Waals surface area contributed by atoms with Gasteiger partial charge in [-0.2, -0.15) is 0 Å². The molecule has 2 bridgehead atoms. The molecule has 0 aromatic carbocycles. The molecule has 0 aromatic rings. The number of carbonyl (C=O) groups excluding carboxylic acids is 2. The van der Waals surface area contributed by atoms with Crippen LogP contribution in [0.2, 0.25) is 0 Å². The maximum absolute atomic E-state index is 11.5. The molecule has 4 aliphatic rings. The molecule has 30 heavy (non-hydrogen) atoms. The van der Waals surface area contributed by atoms with E-state index >= 15 is 0 Å². The van der Waals surface area contributed by atoms with E-state index in [1.54, 1.807) is 0 Å². The fourth-order valence-corrected chi connectivity index (χ4v) is 8.38. The van der Waals surface area contributed by atoms with Gasteiger partial charge in [0.25, 0.3) is 0 Å². The Morgan fingerprint density at radius 1 is 0.933 bits per heavy atom. The number of aliphatic hydroxyl groups excluding tert-OH is 1. The van der Waals surface area contributed by atoms with Crippen LogP contribution in [-0.2, 0) is 19.1 Å². The molecule has 0 heterocycles. The van der Waals surface area contributed by atoms with Crippen LogP contribution in [0.3, 0.4) is 0 Å². The Hall–Kier alpha value is -1.14. The lowest BCUT2D eigenvalue weighted by molar-refractivity contribution is -0.220. The van der Waals surface area contributed by atoms with Crippen LogP contribution in [-0.4, -0.2) is 47.1 Å². The lowest BCUT2D eigenvalue weighted by Gasteiger charge is -2.66. The van der Waals surface area contributed by atoms with Gasteiger partial charge in [-0.05, 0) is 80.0 Å². The molecule has 6 nitrogen and oxygen atoms in total. The summed E-state index contributed by atoms with van der Waals surface area (Å²) in [6.45, 7) is 7.70. The lowest BCUT2D eigenvalue weighted by atomic mass is 9.39. The molecule has 4 rings (SSSR count). The summed E-state index contributed by atoms with van der Waals surface area (Å²) in [7, 11) is 0. The molecule has 0 aromatic heterocycles. The van der Waals surface area contributed by atoms with E-state index < -0.39 is 17.1 Å². The fourth-order valence-electron chi connectivity index (χ4n) is 8.38. The van der Waals surface area contributed by atoms with Gasteiger partial charge < -0.3 is 19.7 Å². The SMILES string of the molecule is CC(=O)OCC1(O)CCC23CC1CC2CCC1C(C)(COC(C)=O)C(O)CCC13C. The Morgan fingerprint density at radius 3 is 2.27 bits per heavy atom. The molecule has 2 N–H and O–H groups in total. The number of carbonyl (C=O) groups is 2. The van der Waals surface area contributed by atoms with Crippen LogP contribution in [0.25, 0.3) is 0 Å². The van der Waals surface area contributed by atoms with E-state index in [-0.39, 0.29) is 47.8 Å². The molecule has 1 spiro atoms. The van der Waals surface area contributed by atoms with Crippen molar-refractivity contribution in [2.24, 2.45) is 34.0 Å². The molecule has 0 amide bonds. The molecule has 0 aliphatic heterocycles. The minimum Gasteiger partial charge on any atom is -0.465 e. The van der Waals surface area contributed by atoms with Gasteiger partial charge in [-0.3, -0.25) is 9.59 Å². The van der Waals surface area contributed by atoms with Crippen LogP contribution in [0.5, 0.6) is 0 Å². The first-order valence-electron chi connectivity index (χ1n) is 11.6. The summed E-state index contributed by atoms with van der Waals surface area (Å²) in [5.74, 6) is 0.356. The van der Waals surface area contributed by atoms with E-state index in [9.17, 15) is 19.8 Å². The van der Waals surface area contributed by atoms with Gasteiger partial charge in [0.15, 0.2) is 0 Å². The van der Waals surface area contributed by atoms with Gasteiger partial charge in [0, 0.05) is 19.3 Å². The Balaban J connectivity index is 1.63. The molecule has 8 atom stereocenters. The zero-order valence-electron chi connectivity index (χ0n) is 18.9. The van der Waals surface area contributed by atoms with Crippen LogP contribution in [0, 0.1) is 34.0 Å². The molecular formula is C24H38O6. The van der Waals surface area contributed by atoms with Gasteiger partial charge in [0.05, 0.1) is 12.7 Å². The number of rotatable bonds is 4. The predicted octanol–water partition coefficient (Wildman–Crippen LogP) is 3.23. The van der Waals surface area contributed by atoms with Crippen molar-refractivity contribution in [2.75, 3.05) is 13.2 Å². The number of hydrogen-bond acceptors (Lipinski definition) is 6. The maximum Gasteiger partial charge on any atom is 0.302 e. The number of hydrogen-bond donors (Lipinski definition) is 2. The molecule has 4 saturated carbocycles. The Bertz CT molecular complexity index is 722. The summed E-state index contributed by atoms with van der Waals surface area (Å²) in [5, 5.41) is 22.3. The standard InChI is InChI=1S/C24H38O6/c1-15(25)29-13-21(3)19-6-5-17-11-18-12-23(17,22(19,4)8-7-20(21)27)9-10-24(18,28)14-30-16(2)26/h17-20,27-28H,5-14H2,1-4H3. The van der Waals surface area contributed by atoms with E-state index in [1.807, 2.05) is 0 Å². The molecule has 0 saturated heterocycles. The number of ether oxygens (including phenoxy) is 2.